The van der Waals surface area contributed by atoms with Crippen molar-refractivity contribution in [3.8, 4) is 0 Å². The molecule has 4 nitrogen and oxygen atoms in total. The number of hydrogen-bond donors (Lipinski definition) is 0. The number of amides is 2. The molecule has 15 heavy (non-hydrogen) atoms. The second kappa shape index (κ2) is 6.85. The molecule has 1 atom stereocenters. The molecule has 1 aliphatic rings. The average Bonchev–Trinajstić information content (AvgIpc) is 2.45. The van der Waals surface area contributed by atoms with Crippen LogP contribution in [-0.4, -0.2) is 48.0 Å². The van der Waals surface area contributed by atoms with Crippen molar-refractivity contribution in [1.82, 2.24) is 4.90 Å². The number of carbonyl (C=O) groups is 2. The molecule has 1 rings (SSSR count). The maximum Gasteiger partial charge on any atom is 0.242 e. The molecule has 1 saturated heterocycles. The monoisotopic (exact) mass is 233 g/mol. The van der Waals surface area contributed by atoms with E-state index in [1.165, 1.54) is 16.7 Å². The molecule has 1 heterocycles. The Morgan fingerprint density at radius 2 is 2.20 bits per heavy atom. The van der Waals surface area contributed by atoms with E-state index in [1.54, 1.807) is 0 Å². The van der Waals surface area contributed by atoms with E-state index in [0.29, 0.717) is 26.2 Å². The Hall–Kier alpha value is -0.550. The molecule has 1 unspecified atom stereocenters. The van der Waals surface area contributed by atoms with Crippen LogP contribution in [0.25, 0.3) is 0 Å². The summed E-state index contributed by atoms with van der Waals surface area (Å²) in [6.45, 7) is 3.33. The van der Waals surface area contributed by atoms with Gasteiger partial charge in [-0.05, 0) is 13.2 Å². The second-order valence-corrected chi connectivity index (χ2v) is 4.05. The van der Waals surface area contributed by atoms with E-state index in [-0.39, 0.29) is 24.5 Å². The van der Waals surface area contributed by atoms with Gasteiger partial charge in [-0.3, -0.25) is 14.5 Å². The first kappa shape index (κ1) is 14.5. The van der Waals surface area contributed by atoms with Crippen LogP contribution in [0.4, 0.5) is 0 Å². The molecule has 0 aliphatic carbocycles. The minimum Gasteiger partial charge on any atom is -0.380 e. The van der Waals surface area contributed by atoms with E-state index in [1.807, 2.05) is 13.2 Å². The zero-order valence-corrected chi connectivity index (χ0v) is 9.30. The van der Waals surface area contributed by atoms with Gasteiger partial charge in [0.2, 0.25) is 11.8 Å². The molecule has 0 radical (unpaired) electrons. The van der Waals surface area contributed by atoms with E-state index in [4.69, 9.17) is 4.74 Å². The molecule has 2 amide bonds. The average molecular weight is 233 g/mol. The summed E-state index contributed by atoms with van der Waals surface area (Å²) < 4.78 is 5.11. The minimum atomic E-state index is -0.177. The third-order valence-electron chi connectivity index (χ3n) is 2.15. The van der Waals surface area contributed by atoms with E-state index >= 15 is 0 Å². The molecule has 0 aromatic rings. The summed E-state index contributed by atoms with van der Waals surface area (Å²) in [4.78, 5) is 24.3. The van der Waals surface area contributed by atoms with Crippen molar-refractivity contribution < 1.29 is 14.3 Å². The van der Waals surface area contributed by atoms with E-state index in [9.17, 15) is 9.59 Å². The fourth-order valence-electron chi connectivity index (χ4n) is 1.37. The summed E-state index contributed by atoms with van der Waals surface area (Å²) in [6, 6.07) is 0. The number of ether oxygens (including phenoxy) is 1. The van der Waals surface area contributed by atoms with Gasteiger partial charge in [0.1, 0.15) is 0 Å². The largest absolute Gasteiger partial charge is 0.380 e. The highest BCUT2D eigenvalue weighted by atomic mass is 32.2. The minimum absolute atomic E-state index is 0. The fraction of sp³-hybridized carbons (Fsp3) is 0.800. The standard InChI is InChI=1S/C9H15NO3S.CH4/c1-3-13-5-4-10-8(11)6-7(14-2)9(10)12;/h7H,3-6H2,1-2H3;1H4. The third kappa shape index (κ3) is 3.50. The van der Waals surface area contributed by atoms with Gasteiger partial charge in [-0.1, -0.05) is 7.43 Å². The molecule has 0 bridgehead atoms. The Morgan fingerprint density at radius 1 is 1.53 bits per heavy atom. The first-order chi connectivity index (χ1) is 6.70. The van der Waals surface area contributed by atoms with Crippen LogP contribution >= 0.6 is 11.8 Å². The van der Waals surface area contributed by atoms with Crippen LogP contribution < -0.4 is 0 Å². The predicted octanol–water partition coefficient (Wildman–Crippen LogP) is 1.15. The second-order valence-electron chi connectivity index (χ2n) is 3.01. The molecule has 5 heteroatoms. The Kier molecular flexibility index (Phi) is 6.60. The number of imide groups is 1. The van der Waals surface area contributed by atoms with E-state index in [0.717, 1.165) is 0 Å². The first-order valence-corrected chi connectivity index (χ1v) is 5.94. The Labute approximate surface area is 95.3 Å². The van der Waals surface area contributed by atoms with Crippen molar-refractivity contribution >= 4 is 23.6 Å². The Balaban J connectivity index is 0.00000196. The number of nitrogens with zero attached hydrogens (tertiary/aromatic N) is 1. The molecular weight excluding hydrogens is 214 g/mol. The lowest BCUT2D eigenvalue weighted by molar-refractivity contribution is -0.139. The fourth-order valence-corrected chi connectivity index (χ4v) is 2.01. The Bertz CT molecular complexity index is 233. The number of carbonyl (C=O) groups excluding carboxylic acids is 2. The zero-order chi connectivity index (χ0) is 10.6. The third-order valence-corrected chi connectivity index (χ3v) is 3.09. The van der Waals surface area contributed by atoms with Crippen LogP contribution in [0, 0.1) is 0 Å². The molecule has 0 N–H and O–H groups in total. The van der Waals surface area contributed by atoms with Crippen molar-refractivity contribution in [1.29, 1.82) is 0 Å². The number of thioether (sulfide) groups is 1. The van der Waals surface area contributed by atoms with Gasteiger partial charge in [0.05, 0.1) is 18.4 Å². The van der Waals surface area contributed by atoms with Crippen LogP contribution in [0.5, 0.6) is 0 Å². The maximum absolute atomic E-state index is 11.6. The van der Waals surface area contributed by atoms with Gasteiger partial charge in [-0.25, -0.2) is 0 Å². The van der Waals surface area contributed by atoms with Crippen molar-refractivity contribution in [3.05, 3.63) is 0 Å². The molecule has 88 valence electrons. The van der Waals surface area contributed by atoms with Crippen molar-refractivity contribution in [2.24, 2.45) is 0 Å². The molecule has 0 saturated carbocycles. The topological polar surface area (TPSA) is 46.6 Å². The van der Waals surface area contributed by atoms with Gasteiger partial charge in [0.15, 0.2) is 0 Å². The van der Waals surface area contributed by atoms with E-state index in [2.05, 4.69) is 0 Å². The maximum atomic E-state index is 11.6. The number of hydrogen-bond acceptors (Lipinski definition) is 4. The Morgan fingerprint density at radius 3 is 2.67 bits per heavy atom. The lowest BCUT2D eigenvalue weighted by Gasteiger charge is -2.13. The quantitative estimate of drug-likeness (QED) is 0.528. The molecule has 1 aliphatic heterocycles. The number of rotatable bonds is 5. The van der Waals surface area contributed by atoms with E-state index < -0.39 is 0 Å². The van der Waals surface area contributed by atoms with Crippen LogP contribution in [0.2, 0.25) is 0 Å². The van der Waals surface area contributed by atoms with Crippen molar-refractivity contribution in [3.63, 3.8) is 0 Å². The molecule has 0 spiro atoms. The van der Waals surface area contributed by atoms with Gasteiger partial charge < -0.3 is 4.74 Å². The molecular formula is C10H19NO3S. The summed E-state index contributed by atoms with van der Waals surface area (Å²) in [5.74, 6) is -0.142. The lowest BCUT2D eigenvalue weighted by Crippen LogP contribution is -2.34. The van der Waals surface area contributed by atoms with Gasteiger partial charge in [-0.2, -0.15) is 11.8 Å². The van der Waals surface area contributed by atoms with Gasteiger partial charge in [0, 0.05) is 13.0 Å². The number of likely N-dealkylation sites (tertiary alicyclic amines) is 1. The lowest BCUT2D eigenvalue weighted by atomic mass is 10.4. The first-order valence-electron chi connectivity index (χ1n) is 4.65. The van der Waals surface area contributed by atoms with Crippen molar-refractivity contribution in [2.45, 2.75) is 26.0 Å². The highest BCUT2D eigenvalue weighted by molar-refractivity contribution is 8.00. The molecule has 1 fully saturated rings. The van der Waals surface area contributed by atoms with Gasteiger partial charge >= 0.3 is 0 Å². The normalized spacial score (nSPS) is 20.7. The van der Waals surface area contributed by atoms with Crippen LogP contribution in [0.3, 0.4) is 0 Å². The summed E-state index contributed by atoms with van der Waals surface area (Å²) >= 11 is 1.43. The van der Waals surface area contributed by atoms with Crippen molar-refractivity contribution in [2.75, 3.05) is 26.0 Å². The summed E-state index contributed by atoms with van der Waals surface area (Å²) in [5, 5.41) is -0.177. The summed E-state index contributed by atoms with van der Waals surface area (Å²) in [6.07, 6.45) is 2.19. The predicted molar refractivity (Wildman–Crippen MR) is 61.9 cm³/mol. The summed E-state index contributed by atoms with van der Waals surface area (Å²) in [7, 11) is 0. The SMILES string of the molecule is C.CCOCCN1C(=O)CC(SC)C1=O. The van der Waals surface area contributed by atoms with Crippen LogP contribution in [0.1, 0.15) is 20.8 Å². The highest BCUT2D eigenvalue weighted by Crippen LogP contribution is 2.22. The molecule has 0 aromatic carbocycles. The molecule has 0 aromatic heterocycles. The zero-order valence-electron chi connectivity index (χ0n) is 8.49. The van der Waals surface area contributed by atoms with Gasteiger partial charge in [-0.15, -0.1) is 0 Å². The van der Waals surface area contributed by atoms with Crippen LogP contribution in [0.15, 0.2) is 0 Å². The van der Waals surface area contributed by atoms with Gasteiger partial charge in [0.25, 0.3) is 0 Å². The van der Waals surface area contributed by atoms with Crippen LogP contribution in [-0.2, 0) is 14.3 Å². The summed E-state index contributed by atoms with van der Waals surface area (Å²) in [5.41, 5.74) is 0. The smallest absolute Gasteiger partial charge is 0.242 e. The highest BCUT2D eigenvalue weighted by Gasteiger charge is 2.37.